The van der Waals surface area contributed by atoms with Crippen LogP contribution in [0.15, 0.2) is 29.6 Å². The first-order chi connectivity index (χ1) is 10.7. The molecule has 2 aromatic heterocycles. The van der Waals surface area contributed by atoms with E-state index in [2.05, 4.69) is 15.4 Å². The van der Waals surface area contributed by atoms with Gasteiger partial charge in [0.15, 0.2) is 0 Å². The van der Waals surface area contributed by atoms with Crippen LogP contribution in [-0.4, -0.2) is 41.3 Å². The first kappa shape index (κ1) is 14.5. The van der Waals surface area contributed by atoms with Gasteiger partial charge in [-0.25, -0.2) is 4.52 Å². The Labute approximate surface area is 130 Å². The molecule has 0 saturated heterocycles. The molecule has 8 heteroatoms. The van der Waals surface area contributed by atoms with Gasteiger partial charge in [0.1, 0.15) is 12.4 Å². The Balaban J connectivity index is 1.90. The second kappa shape index (κ2) is 6.12. The standard InChI is InChI=1S/C14H14N4O3S/c1-20-7-12(19)15-13-16-14-18(17-13)11(8-22-14)9-3-5-10(21-2)6-4-9/h3-6,8H,7H2,1-2H3,(H,15,17,19). The highest BCUT2D eigenvalue weighted by Crippen LogP contribution is 2.27. The number of thiazole rings is 1. The largest absolute Gasteiger partial charge is 0.497 e. The fourth-order valence-electron chi connectivity index (χ4n) is 1.99. The summed E-state index contributed by atoms with van der Waals surface area (Å²) in [4.78, 5) is 16.5. The zero-order valence-electron chi connectivity index (χ0n) is 12.1. The molecule has 0 fully saturated rings. The average molecular weight is 318 g/mol. The highest BCUT2D eigenvalue weighted by molar-refractivity contribution is 7.15. The molecule has 7 nitrogen and oxygen atoms in total. The maximum absolute atomic E-state index is 11.5. The molecule has 0 aliphatic carbocycles. The third-order valence-electron chi connectivity index (χ3n) is 2.99. The van der Waals surface area contributed by atoms with Gasteiger partial charge < -0.3 is 9.47 Å². The molecule has 22 heavy (non-hydrogen) atoms. The second-order valence-electron chi connectivity index (χ2n) is 4.46. The van der Waals surface area contributed by atoms with E-state index in [1.165, 1.54) is 18.4 Å². The molecule has 1 N–H and O–H groups in total. The van der Waals surface area contributed by atoms with Crippen molar-refractivity contribution in [3.05, 3.63) is 29.6 Å². The second-order valence-corrected chi connectivity index (χ2v) is 5.30. The number of ether oxygens (including phenoxy) is 2. The van der Waals surface area contributed by atoms with E-state index >= 15 is 0 Å². The molecule has 0 spiro atoms. The smallest absolute Gasteiger partial charge is 0.252 e. The number of carbonyl (C=O) groups is 1. The topological polar surface area (TPSA) is 77.8 Å². The number of hydrogen-bond donors (Lipinski definition) is 1. The first-order valence-corrected chi connectivity index (χ1v) is 7.36. The van der Waals surface area contributed by atoms with E-state index in [0.717, 1.165) is 17.0 Å². The summed E-state index contributed by atoms with van der Waals surface area (Å²) >= 11 is 1.46. The number of hydrogen-bond acceptors (Lipinski definition) is 6. The summed E-state index contributed by atoms with van der Waals surface area (Å²) in [5.74, 6) is 0.775. The van der Waals surface area contributed by atoms with Gasteiger partial charge >= 0.3 is 0 Å². The van der Waals surface area contributed by atoms with Crippen molar-refractivity contribution in [2.45, 2.75) is 0 Å². The van der Waals surface area contributed by atoms with Crippen molar-refractivity contribution >= 4 is 28.2 Å². The van der Waals surface area contributed by atoms with Crippen LogP contribution in [0.2, 0.25) is 0 Å². The Morgan fingerprint density at radius 1 is 1.32 bits per heavy atom. The maximum Gasteiger partial charge on any atom is 0.252 e. The zero-order chi connectivity index (χ0) is 15.5. The number of methoxy groups -OCH3 is 2. The van der Waals surface area contributed by atoms with E-state index < -0.39 is 0 Å². The van der Waals surface area contributed by atoms with Crippen molar-refractivity contribution in [2.24, 2.45) is 0 Å². The molecule has 0 bridgehead atoms. The van der Waals surface area contributed by atoms with Crippen LogP contribution in [0.25, 0.3) is 16.2 Å². The predicted molar refractivity (Wildman–Crippen MR) is 83.4 cm³/mol. The van der Waals surface area contributed by atoms with Crippen LogP contribution in [0.5, 0.6) is 5.75 Å². The van der Waals surface area contributed by atoms with Crippen molar-refractivity contribution in [3.8, 4) is 17.0 Å². The summed E-state index contributed by atoms with van der Waals surface area (Å²) in [5, 5.41) is 8.88. The lowest BCUT2D eigenvalue weighted by Crippen LogP contribution is -2.18. The number of nitrogens with one attached hydrogen (secondary N) is 1. The van der Waals surface area contributed by atoms with Gasteiger partial charge in [0, 0.05) is 18.1 Å². The molecular formula is C14H14N4O3S. The number of rotatable bonds is 5. The first-order valence-electron chi connectivity index (χ1n) is 6.48. The Hall–Kier alpha value is -2.45. The van der Waals surface area contributed by atoms with Crippen molar-refractivity contribution in [3.63, 3.8) is 0 Å². The summed E-state index contributed by atoms with van der Waals surface area (Å²) in [6.45, 7) is -0.0296. The number of fused-ring (bicyclic) bond motifs is 1. The van der Waals surface area contributed by atoms with Gasteiger partial charge in [-0.1, -0.05) is 0 Å². The lowest BCUT2D eigenvalue weighted by molar-refractivity contribution is -0.119. The maximum atomic E-state index is 11.5. The fourth-order valence-corrected chi connectivity index (χ4v) is 2.82. The molecular weight excluding hydrogens is 304 g/mol. The molecule has 0 unspecified atom stereocenters. The molecule has 0 atom stereocenters. The quantitative estimate of drug-likeness (QED) is 0.779. The van der Waals surface area contributed by atoms with E-state index in [1.54, 1.807) is 11.6 Å². The van der Waals surface area contributed by atoms with Crippen LogP contribution in [0.3, 0.4) is 0 Å². The summed E-state index contributed by atoms with van der Waals surface area (Å²) in [6.07, 6.45) is 0. The summed E-state index contributed by atoms with van der Waals surface area (Å²) < 4.78 is 11.6. The average Bonchev–Trinajstić information content (AvgIpc) is 3.07. The lowest BCUT2D eigenvalue weighted by Gasteiger charge is -2.02. The fraction of sp³-hybridized carbons (Fsp3) is 0.214. The number of amides is 1. The van der Waals surface area contributed by atoms with Crippen LogP contribution in [0.1, 0.15) is 0 Å². The molecule has 0 aliphatic rings. The van der Waals surface area contributed by atoms with Crippen molar-refractivity contribution in [1.29, 1.82) is 0 Å². The molecule has 3 rings (SSSR count). The molecule has 3 aromatic rings. The molecule has 0 aliphatic heterocycles. The number of benzene rings is 1. The minimum absolute atomic E-state index is 0.0296. The van der Waals surface area contributed by atoms with E-state index in [1.807, 2.05) is 29.6 Å². The monoisotopic (exact) mass is 318 g/mol. The third-order valence-corrected chi connectivity index (χ3v) is 3.81. The lowest BCUT2D eigenvalue weighted by atomic mass is 10.2. The molecule has 0 radical (unpaired) electrons. The van der Waals surface area contributed by atoms with Crippen LogP contribution >= 0.6 is 11.3 Å². The zero-order valence-corrected chi connectivity index (χ0v) is 12.9. The summed E-state index contributed by atoms with van der Waals surface area (Å²) in [6, 6.07) is 7.67. The Morgan fingerprint density at radius 2 is 2.09 bits per heavy atom. The molecule has 2 heterocycles. The van der Waals surface area contributed by atoms with Gasteiger partial charge in [-0.05, 0) is 24.3 Å². The molecule has 1 amide bonds. The minimum atomic E-state index is -0.285. The highest BCUT2D eigenvalue weighted by atomic mass is 32.1. The third kappa shape index (κ3) is 2.78. The summed E-state index contributed by atoms with van der Waals surface area (Å²) in [7, 11) is 3.09. The Kier molecular flexibility index (Phi) is 4.03. The number of nitrogens with zero attached hydrogens (tertiary/aromatic N) is 3. The van der Waals surface area contributed by atoms with Gasteiger partial charge in [-0.15, -0.1) is 16.4 Å². The molecule has 1 aromatic carbocycles. The number of carbonyl (C=O) groups excluding carboxylic acids is 1. The van der Waals surface area contributed by atoms with E-state index in [-0.39, 0.29) is 18.5 Å². The Morgan fingerprint density at radius 3 is 2.77 bits per heavy atom. The van der Waals surface area contributed by atoms with Crippen LogP contribution in [0, 0.1) is 0 Å². The van der Waals surface area contributed by atoms with Crippen molar-refractivity contribution in [2.75, 3.05) is 26.1 Å². The van der Waals surface area contributed by atoms with E-state index in [9.17, 15) is 4.79 Å². The van der Waals surface area contributed by atoms with Crippen LogP contribution < -0.4 is 10.1 Å². The molecule has 0 saturated carbocycles. The van der Waals surface area contributed by atoms with E-state index in [0.29, 0.717) is 4.96 Å². The Bertz CT molecular complexity index is 794. The van der Waals surface area contributed by atoms with Crippen LogP contribution in [0.4, 0.5) is 5.95 Å². The minimum Gasteiger partial charge on any atom is -0.497 e. The van der Waals surface area contributed by atoms with Crippen molar-refractivity contribution in [1.82, 2.24) is 14.6 Å². The van der Waals surface area contributed by atoms with Gasteiger partial charge in [0.05, 0.1) is 12.8 Å². The summed E-state index contributed by atoms with van der Waals surface area (Å²) in [5.41, 5.74) is 1.90. The molecule has 114 valence electrons. The van der Waals surface area contributed by atoms with Gasteiger partial charge in [0.25, 0.3) is 11.9 Å². The van der Waals surface area contributed by atoms with Gasteiger partial charge in [-0.2, -0.15) is 4.98 Å². The number of anilines is 1. The van der Waals surface area contributed by atoms with Gasteiger partial charge in [0.2, 0.25) is 4.96 Å². The predicted octanol–water partition coefficient (Wildman–Crippen LogP) is 2.05. The van der Waals surface area contributed by atoms with Crippen LogP contribution in [-0.2, 0) is 9.53 Å². The SMILES string of the molecule is COCC(=O)Nc1nc2scc(-c3ccc(OC)cc3)n2n1. The highest BCUT2D eigenvalue weighted by Gasteiger charge is 2.13. The number of aromatic nitrogens is 3. The van der Waals surface area contributed by atoms with Crippen molar-refractivity contribution < 1.29 is 14.3 Å². The van der Waals surface area contributed by atoms with Gasteiger partial charge in [-0.3, -0.25) is 10.1 Å². The van der Waals surface area contributed by atoms with E-state index in [4.69, 9.17) is 9.47 Å². The normalized spacial score (nSPS) is 10.8.